The van der Waals surface area contributed by atoms with E-state index in [1.807, 2.05) is 0 Å². The van der Waals surface area contributed by atoms with Gasteiger partial charge in [0.2, 0.25) is 0 Å². The monoisotopic (exact) mass is 291 g/mol. The molecule has 2 rings (SSSR count). The molecule has 1 aromatic carbocycles. The quantitative estimate of drug-likeness (QED) is 0.901. The van der Waals surface area contributed by atoms with Crippen LogP contribution in [0.4, 0.5) is 10.1 Å². The molecule has 0 radical (unpaired) electrons. The first kappa shape index (κ1) is 13.6. The molecule has 0 aliphatic rings. The molecule has 0 aliphatic heterocycles. The normalized spacial score (nSPS) is 9.80. The molecule has 8 heteroatoms. The van der Waals surface area contributed by atoms with E-state index in [1.165, 1.54) is 11.4 Å². The molecular formula is C12H6FN3O3S. The highest BCUT2D eigenvalue weighted by Crippen LogP contribution is 2.18. The van der Waals surface area contributed by atoms with Crippen LogP contribution in [0.25, 0.3) is 0 Å². The lowest BCUT2D eigenvalue weighted by Crippen LogP contribution is -2.13. The third-order valence-electron chi connectivity index (χ3n) is 2.27. The van der Waals surface area contributed by atoms with Gasteiger partial charge in [0.1, 0.15) is 11.9 Å². The second-order valence-corrected chi connectivity index (χ2v) is 4.46. The molecule has 1 aromatic heterocycles. The van der Waals surface area contributed by atoms with Crippen molar-refractivity contribution in [2.45, 2.75) is 0 Å². The zero-order chi connectivity index (χ0) is 14.7. The van der Waals surface area contributed by atoms with Gasteiger partial charge in [-0.2, -0.15) is 5.26 Å². The molecule has 0 saturated heterocycles. The maximum absolute atomic E-state index is 12.9. The highest BCUT2D eigenvalue weighted by atomic mass is 32.1. The molecule has 100 valence electrons. The summed E-state index contributed by atoms with van der Waals surface area (Å²) < 4.78 is 12.9. The molecule has 0 saturated carbocycles. The molecule has 2 aromatic rings. The number of carboxylic acids is 1. The number of aromatic carboxylic acids is 1. The average Bonchev–Trinajstić information content (AvgIpc) is 2.90. The van der Waals surface area contributed by atoms with Crippen molar-refractivity contribution in [1.82, 2.24) is 4.98 Å². The van der Waals surface area contributed by atoms with Crippen molar-refractivity contribution >= 4 is 28.9 Å². The van der Waals surface area contributed by atoms with Crippen LogP contribution in [-0.4, -0.2) is 22.0 Å². The van der Waals surface area contributed by atoms with E-state index < -0.39 is 17.7 Å². The number of nitrogens with one attached hydrogen (secondary N) is 1. The number of hydrogen-bond acceptors (Lipinski definition) is 5. The number of nitriles is 1. The van der Waals surface area contributed by atoms with E-state index in [0.29, 0.717) is 0 Å². The Morgan fingerprint density at radius 3 is 2.80 bits per heavy atom. The summed E-state index contributed by atoms with van der Waals surface area (Å²) in [6.45, 7) is 0. The number of aromatic nitrogens is 1. The number of thiazole rings is 1. The summed E-state index contributed by atoms with van der Waals surface area (Å²) in [5.74, 6) is -2.49. The molecule has 0 atom stereocenters. The maximum Gasteiger partial charge on any atom is 0.355 e. The summed E-state index contributed by atoms with van der Waals surface area (Å²) >= 11 is 0.861. The van der Waals surface area contributed by atoms with Crippen LogP contribution < -0.4 is 5.32 Å². The highest BCUT2D eigenvalue weighted by Gasteiger charge is 2.16. The van der Waals surface area contributed by atoms with Crippen LogP contribution in [-0.2, 0) is 0 Å². The highest BCUT2D eigenvalue weighted by molar-refractivity contribution is 7.12. The topological polar surface area (TPSA) is 103 Å². The van der Waals surface area contributed by atoms with Gasteiger partial charge in [-0.25, -0.2) is 14.2 Å². The number of carboxylic acid groups (broad SMARTS) is 1. The summed E-state index contributed by atoms with van der Waals surface area (Å²) in [7, 11) is 0. The first-order valence-electron chi connectivity index (χ1n) is 5.21. The van der Waals surface area contributed by atoms with Crippen LogP contribution in [0.1, 0.15) is 25.9 Å². The zero-order valence-electron chi connectivity index (χ0n) is 9.75. The van der Waals surface area contributed by atoms with Gasteiger partial charge in [-0.15, -0.1) is 11.3 Å². The fourth-order valence-corrected chi connectivity index (χ4v) is 2.06. The molecule has 0 aliphatic carbocycles. The Bertz CT molecular complexity index is 736. The van der Waals surface area contributed by atoms with Crippen LogP contribution in [0.2, 0.25) is 0 Å². The number of anilines is 1. The number of amides is 1. The van der Waals surface area contributed by atoms with Gasteiger partial charge < -0.3 is 10.4 Å². The summed E-state index contributed by atoms with van der Waals surface area (Å²) in [5, 5.41) is 21.1. The number of carbonyl (C=O) groups is 2. The summed E-state index contributed by atoms with van der Waals surface area (Å²) in [5.41, 5.74) is -0.140. The summed E-state index contributed by atoms with van der Waals surface area (Å²) in [6.07, 6.45) is 0. The first-order chi connectivity index (χ1) is 9.51. The zero-order valence-corrected chi connectivity index (χ0v) is 10.6. The lowest BCUT2D eigenvalue weighted by Gasteiger charge is -2.04. The Hall–Kier alpha value is -2.79. The fourth-order valence-electron chi connectivity index (χ4n) is 1.37. The molecule has 0 bridgehead atoms. The van der Waals surface area contributed by atoms with E-state index in [9.17, 15) is 14.0 Å². The summed E-state index contributed by atoms with van der Waals surface area (Å²) in [4.78, 5) is 26.1. The largest absolute Gasteiger partial charge is 0.476 e. The van der Waals surface area contributed by atoms with E-state index in [4.69, 9.17) is 10.4 Å². The van der Waals surface area contributed by atoms with Gasteiger partial charge >= 0.3 is 5.97 Å². The summed E-state index contributed by atoms with van der Waals surface area (Å²) in [6, 6.07) is 5.08. The van der Waals surface area contributed by atoms with E-state index in [2.05, 4.69) is 10.3 Å². The molecular weight excluding hydrogens is 285 g/mol. The standard InChI is InChI=1S/C12H6FN3O3S/c13-7-1-2-8(6(3-7)4-14)15-10(17)11-16-9(5-20-11)12(18)19/h1-3,5H,(H,15,17)(H,18,19). The second-order valence-electron chi connectivity index (χ2n) is 3.60. The van der Waals surface area contributed by atoms with E-state index in [-0.39, 0.29) is 22.0 Å². The number of rotatable bonds is 3. The number of hydrogen-bond donors (Lipinski definition) is 2. The smallest absolute Gasteiger partial charge is 0.355 e. The Balaban J connectivity index is 2.23. The molecule has 0 unspecified atom stereocenters. The van der Waals surface area contributed by atoms with Crippen molar-refractivity contribution in [1.29, 1.82) is 5.26 Å². The second kappa shape index (κ2) is 5.46. The minimum absolute atomic E-state index is 0.0339. The SMILES string of the molecule is N#Cc1cc(F)ccc1NC(=O)c1nc(C(=O)O)cs1. The van der Waals surface area contributed by atoms with E-state index >= 15 is 0 Å². The van der Waals surface area contributed by atoms with Crippen LogP contribution in [0.15, 0.2) is 23.6 Å². The van der Waals surface area contributed by atoms with Crippen molar-refractivity contribution in [3.8, 4) is 6.07 Å². The van der Waals surface area contributed by atoms with Crippen LogP contribution in [0.3, 0.4) is 0 Å². The number of halogens is 1. The molecule has 6 nitrogen and oxygen atoms in total. The molecule has 0 spiro atoms. The Labute approximate surface area is 116 Å². The number of carbonyl (C=O) groups excluding carboxylic acids is 1. The van der Waals surface area contributed by atoms with Gasteiger partial charge in [0.05, 0.1) is 11.3 Å². The van der Waals surface area contributed by atoms with E-state index in [1.54, 1.807) is 6.07 Å². The van der Waals surface area contributed by atoms with Crippen molar-refractivity contribution < 1.29 is 19.1 Å². The third-order valence-corrected chi connectivity index (χ3v) is 3.11. The van der Waals surface area contributed by atoms with Crippen molar-refractivity contribution in [3.63, 3.8) is 0 Å². The van der Waals surface area contributed by atoms with Gasteiger partial charge in [-0.05, 0) is 18.2 Å². The van der Waals surface area contributed by atoms with Crippen molar-refractivity contribution in [2.24, 2.45) is 0 Å². The van der Waals surface area contributed by atoms with Crippen molar-refractivity contribution in [3.05, 3.63) is 45.7 Å². The van der Waals surface area contributed by atoms with E-state index in [0.717, 1.165) is 23.5 Å². The molecule has 1 heterocycles. The van der Waals surface area contributed by atoms with Crippen LogP contribution >= 0.6 is 11.3 Å². The van der Waals surface area contributed by atoms with Crippen LogP contribution in [0, 0.1) is 17.1 Å². The third kappa shape index (κ3) is 2.78. The fraction of sp³-hybridized carbons (Fsp3) is 0. The van der Waals surface area contributed by atoms with Gasteiger partial charge in [0.25, 0.3) is 5.91 Å². The number of benzene rings is 1. The van der Waals surface area contributed by atoms with Gasteiger partial charge in [-0.3, -0.25) is 4.79 Å². The minimum atomic E-state index is -1.24. The Kier molecular flexibility index (Phi) is 3.72. The predicted octanol–water partition coefficient (Wildman–Crippen LogP) is 2.10. The maximum atomic E-state index is 12.9. The minimum Gasteiger partial charge on any atom is -0.476 e. The molecule has 0 fully saturated rings. The van der Waals surface area contributed by atoms with Gasteiger partial charge in [-0.1, -0.05) is 0 Å². The van der Waals surface area contributed by atoms with Gasteiger partial charge in [0.15, 0.2) is 10.7 Å². The molecule has 1 amide bonds. The Morgan fingerprint density at radius 1 is 1.45 bits per heavy atom. The Morgan fingerprint density at radius 2 is 2.20 bits per heavy atom. The lowest BCUT2D eigenvalue weighted by atomic mass is 10.2. The van der Waals surface area contributed by atoms with Crippen molar-refractivity contribution in [2.75, 3.05) is 5.32 Å². The van der Waals surface area contributed by atoms with Crippen LogP contribution in [0.5, 0.6) is 0 Å². The number of nitrogens with zero attached hydrogens (tertiary/aromatic N) is 2. The lowest BCUT2D eigenvalue weighted by molar-refractivity contribution is 0.0691. The first-order valence-corrected chi connectivity index (χ1v) is 6.09. The molecule has 20 heavy (non-hydrogen) atoms. The predicted molar refractivity (Wildman–Crippen MR) is 68.1 cm³/mol. The molecule has 2 N–H and O–H groups in total. The average molecular weight is 291 g/mol. The van der Waals surface area contributed by atoms with Gasteiger partial charge in [0, 0.05) is 5.38 Å².